The van der Waals surface area contributed by atoms with E-state index in [-0.39, 0.29) is 11.8 Å². The van der Waals surface area contributed by atoms with E-state index in [4.69, 9.17) is 9.47 Å². The molecule has 3 heterocycles. The van der Waals surface area contributed by atoms with Crippen LogP contribution in [0.3, 0.4) is 0 Å². The van der Waals surface area contributed by atoms with Gasteiger partial charge in [0.05, 0.1) is 25.0 Å². The molecule has 5 rings (SSSR count). The molecule has 9 heteroatoms. The topological polar surface area (TPSA) is 68.6 Å². The van der Waals surface area contributed by atoms with Crippen LogP contribution in [0.15, 0.2) is 42.7 Å². The fraction of sp³-hybridized carbons (Fsp3) is 0.385. The fourth-order valence-electron chi connectivity index (χ4n) is 4.98. The van der Waals surface area contributed by atoms with Gasteiger partial charge in [-0.1, -0.05) is 0 Å². The largest absolute Gasteiger partial charge is 0.456 e. The number of fused-ring (bicyclic) bond motifs is 1. The number of carbonyl (C=O) groups excluding carboxylic acids is 1. The van der Waals surface area contributed by atoms with Crippen molar-refractivity contribution in [1.29, 1.82) is 0 Å². The van der Waals surface area contributed by atoms with Gasteiger partial charge < -0.3 is 14.8 Å². The summed E-state index contributed by atoms with van der Waals surface area (Å²) in [6, 6.07) is 7.07. The number of hydrogen-bond donors (Lipinski definition) is 1. The third kappa shape index (κ3) is 4.60. The highest BCUT2D eigenvalue weighted by molar-refractivity contribution is 5.92. The number of methoxy groups -OCH3 is 1. The molecule has 1 atom stereocenters. The molecule has 0 radical (unpaired) electrons. The number of carbonyl (C=O) groups is 1. The Morgan fingerprint density at radius 2 is 1.86 bits per heavy atom. The van der Waals surface area contributed by atoms with Crippen molar-refractivity contribution in [1.82, 2.24) is 15.1 Å². The zero-order chi connectivity index (χ0) is 24.5. The van der Waals surface area contributed by atoms with Crippen LogP contribution in [0.25, 0.3) is 11.1 Å². The number of nitrogens with one attached hydrogen (secondary N) is 1. The summed E-state index contributed by atoms with van der Waals surface area (Å²) in [7, 11) is 1.35. The molecule has 3 aromatic rings. The van der Waals surface area contributed by atoms with Crippen LogP contribution in [0.4, 0.5) is 19.3 Å². The lowest BCUT2D eigenvalue weighted by Gasteiger charge is -2.35. The summed E-state index contributed by atoms with van der Waals surface area (Å²) in [4.78, 5) is 14.2. The molecule has 35 heavy (non-hydrogen) atoms. The maximum atomic E-state index is 14.0. The number of piperidine rings is 1. The molecule has 1 saturated heterocycles. The van der Waals surface area contributed by atoms with Gasteiger partial charge in [0.1, 0.15) is 23.1 Å². The van der Waals surface area contributed by atoms with Crippen molar-refractivity contribution in [2.75, 3.05) is 25.1 Å². The van der Waals surface area contributed by atoms with Gasteiger partial charge in [-0.3, -0.25) is 9.58 Å². The van der Waals surface area contributed by atoms with E-state index < -0.39 is 17.7 Å². The SMILES string of the molecule is COC(=O)N1c2ccc(-c3cnn(C4CCNCC4)c3)c(Oc3cc(F)cc(F)c3)c2CCC1C. The molecule has 1 amide bonds. The van der Waals surface area contributed by atoms with Crippen molar-refractivity contribution in [3.05, 3.63) is 59.9 Å². The first-order valence-corrected chi connectivity index (χ1v) is 11.9. The molecule has 0 bridgehead atoms. The van der Waals surface area contributed by atoms with E-state index in [9.17, 15) is 13.6 Å². The zero-order valence-electron chi connectivity index (χ0n) is 19.8. The maximum Gasteiger partial charge on any atom is 0.414 e. The summed E-state index contributed by atoms with van der Waals surface area (Å²) >= 11 is 0. The fourth-order valence-corrected chi connectivity index (χ4v) is 4.98. The first kappa shape index (κ1) is 23.3. The predicted octanol–water partition coefficient (Wildman–Crippen LogP) is 5.45. The number of rotatable bonds is 4. The lowest BCUT2D eigenvalue weighted by molar-refractivity contribution is 0.175. The molecule has 1 unspecified atom stereocenters. The monoisotopic (exact) mass is 482 g/mol. The third-order valence-corrected chi connectivity index (χ3v) is 6.77. The predicted molar refractivity (Wildman–Crippen MR) is 128 cm³/mol. The summed E-state index contributed by atoms with van der Waals surface area (Å²) in [5, 5.41) is 7.96. The van der Waals surface area contributed by atoms with E-state index in [1.54, 1.807) is 11.1 Å². The van der Waals surface area contributed by atoms with Crippen LogP contribution in [0.2, 0.25) is 0 Å². The van der Waals surface area contributed by atoms with Gasteiger partial charge in [0.15, 0.2) is 0 Å². The van der Waals surface area contributed by atoms with Crippen LogP contribution in [-0.4, -0.2) is 42.1 Å². The number of amides is 1. The minimum atomic E-state index is -0.727. The van der Waals surface area contributed by atoms with Crippen molar-refractivity contribution in [3.63, 3.8) is 0 Å². The Labute approximate surface area is 202 Å². The summed E-state index contributed by atoms with van der Waals surface area (Å²) < 4.78 is 41.1. The lowest BCUT2D eigenvalue weighted by atomic mass is 9.92. The van der Waals surface area contributed by atoms with Crippen molar-refractivity contribution < 1.29 is 23.0 Å². The highest BCUT2D eigenvalue weighted by Crippen LogP contribution is 2.45. The molecule has 2 aliphatic heterocycles. The molecular formula is C26H28F2N4O3. The van der Waals surface area contributed by atoms with Crippen LogP contribution >= 0.6 is 0 Å². The van der Waals surface area contributed by atoms with Crippen LogP contribution in [0.1, 0.15) is 37.8 Å². The Balaban J connectivity index is 1.61. The van der Waals surface area contributed by atoms with Gasteiger partial charge in [-0.15, -0.1) is 0 Å². The molecular weight excluding hydrogens is 454 g/mol. The van der Waals surface area contributed by atoms with Crippen LogP contribution in [0.5, 0.6) is 11.5 Å². The molecule has 1 N–H and O–H groups in total. The average Bonchev–Trinajstić information content (AvgIpc) is 3.34. The minimum absolute atomic E-state index is 0.0473. The number of nitrogens with zero attached hydrogens (tertiary/aromatic N) is 3. The first-order chi connectivity index (χ1) is 16.9. The lowest BCUT2D eigenvalue weighted by Crippen LogP contribution is -2.42. The standard InChI is InChI=1S/C26H28F2N4O3/c1-16-3-4-23-24(32(16)26(33)34-2)6-5-22(25(23)35-21-12-18(27)11-19(28)13-21)17-14-30-31(15-17)20-7-9-29-10-8-20/h5-6,11-16,20,29H,3-4,7-10H2,1-2H3. The van der Waals surface area contributed by atoms with Gasteiger partial charge >= 0.3 is 6.09 Å². The van der Waals surface area contributed by atoms with E-state index in [1.807, 2.05) is 29.9 Å². The summed E-state index contributed by atoms with van der Waals surface area (Å²) in [5.41, 5.74) is 3.02. The number of benzene rings is 2. The molecule has 0 aliphatic carbocycles. The van der Waals surface area contributed by atoms with E-state index >= 15 is 0 Å². The molecule has 0 saturated carbocycles. The number of anilines is 1. The van der Waals surface area contributed by atoms with Gasteiger partial charge in [0.25, 0.3) is 0 Å². The molecule has 1 aromatic heterocycles. The number of hydrogen-bond acceptors (Lipinski definition) is 5. The average molecular weight is 483 g/mol. The summed E-state index contributed by atoms with van der Waals surface area (Å²) in [5.74, 6) is -0.950. The molecule has 0 spiro atoms. The Kier molecular flexibility index (Phi) is 6.42. The van der Waals surface area contributed by atoms with E-state index in [0.29, 0.717) is 30.3 Å². The van der Waals surface area contributed by atoms with Crippen molar-refractivity contribution in [2.45, 2.75) is 44.7 Å². The van der Waals surface area contributed by atoms with Gasteiger partial charge in [-0.25, -0.2) is 13.6 Å². The van der Waals surface area contributed by atoms with Crippen molar-refractivity contribution in [2.24, 2.45) is 0 Å². The number of halogens is 2. The molecule has 184 valence electrons. The minimum Gasteiger partial charge on any atom is -0.456 e. The van der Waals surface area contributed by atoms with E-state index in [0.717, 1.165) is 60.8 Å². The van der Waals surface area contributed by atoms with Gasteiger partial charge in [-0.05, 0) is 57.8 Å². The van der Waals surface area contributed by atoms with E-state index in [2.05, 4.69) is 10.4 Å². The molecule has 1 fully saturated rings. The zero-order valence-corrected chi connectivity index (χ0v) is 19.8. The maximum absolute atomic E-state index is 14.0. The Morgan fingerprint density at radius 3 is 2.57 bits per heavy atom. The quantitative estimate of drug-likeness (QED) is 0.535. The van der Waals surface area contributed by atoms with Gasteiger partial charge in [-0.2, -0.15) is 5.10 Å². The highest BCUT2D eigenvalue weighted by atomic mass is 19.1. The first-order valence-electron chi connectivity index (χ1n) is 11.9. The normalized spacial score (nSPS) is 18.3. The molecule has 7 nitrogen and oxygen atoms in total. The second-order valence-corrected chi connectivity index (χ2v) is 9.07. The number of ether oxygens (including phenoxy) is 2. The number of aromatic nitrogens is 2. The Bertz CT molecular complexity index is 1220. The van der Waals surface area contributed by atoms with Crippen LogP contribution < -0.4 is 15.0 Å². The summed E-state index contributed by atoms with van der Waals surface area (Å²) in [6.07, 6.45) is 6.60. The smallest absolute Gasteiger partial charge is 0.414 e. The second-order valence-electron chi connectivity index (χ2n) is 9.07. The highest BCUT2D eigenvalue weighted by Gasteiger charge is 2.32. The van der Waals surface area contributed by atoms with Crippen LogP contribution in [0, 0.1) is 11.6 Å². The Morgan fingerprint density at radius 1 is 1.11 bits per heavy atom. The molecule has 2 aromatic carbocycles. The van der Waals surface area contributed by atoms with E-state index in [1.165, 1.54) is 7.11 Å². The van der Waals surface area contributed by atoms with Gasteiger partial charge in [0.2, 0.25) is 0 Å². The van der Waals surface area contributed by atoms with Crippen LogP contribution in [-0.2, 0) is 11.2 Å². The molecule has 2 aliphatic rings. The summed E-state index contributed by atoms with van der Waals surface area (Å²) in [6.45, 7) is 3.85. The van der Waals surface area contributed by atoms with Gasteiger partial charge in [0, 0.05) is 47.1 Å². The Hall–Kier alpha value is -3.46. The van der Waals surface area contributed by atoms with Crippen molar-refractivity contribution in [3.8, 4) is 22.6 Å². The second kappa shape index (κ2) is 9.65. The van der Waals surface area contributed by atoms with Crippen molar-refractivity contribution >= 4 is 11.8 Å². The third-order valence-electron chi connectivity index (χ3n) is 6.77.